The second-order valence-electron chi connectivity index (χ2n) is 4.36. The van der Waals surface area contributed by atoms with Crippen molar-refractivity contribution < 1.29 is 8.42 Å². The SMILES string of the molecule is CCCNCC(C)S(=O)(=O)N(C)c1ccccc1. The van der Waals surface area contributed by atoms with E-state index in [4.69, 9.17) is 0 Å². The van der Waals surface area contributed by atoms with Crippen molar-refractivity contribution in [1.82, 2.24) is 5.32 Å². The van der Waals surface area contributed by atoms with Crippen molar-refractivity contribution in [2.75, 3.05) is 24.4 Å². The molecule has 0 spiro atoms. The summed E-state index contributed by atoms with van der Waals surface area (Å²) in [6, 6.07) is 9.13. The monoisotopic (exact) mass is 270 g/mol. The first kappa shape index (κ1) is 15.0. The Morgan fingerprint density at radius 1 is 1.28 bits per heavy atom. The number of para-hydroxylation sites is 1. The Morgan fingerprint density at radius 2 is 1.89 bits per heavy atom. The van der Waals surface area contributed by atoms with Gasteiger partial charge in [0.1, 0.15) is 0 Å². The van der Waals surface area contributed by atoms with Gasteiger partial charge >= 0.3 is 0 Å². The zero-order chi connectivity index (χ0) is 13.6. The quantitative estimate of drug-likeness (QED) is 0.769. The van der Waals surface area contributed by atoms with Gasteiger partial charge in [0.25, 0.3) is 0 Å². The van der Waals surface area contributed by atoms with Gasteiger partial charge in [0.15, 0.2) is 0 Å². The van der Waals surface area contributed by atoms with Crippen LogP contribution in [0.1, 0.15) is 20.3 Å². The Morgan fingerprint density at radius 3 is 2.44 bits per heavy atom. The molecule has 0 amide bonds. The summed E-state index contributed by atoms with van der Waals surface area (Å²) in [4.78, 5) is 0. The average molecular weight is 270 g/mol. The van der Waals surface area contributed by atoms with E-state index >= 15 is 0 Å². The first-order valence-electron chi connectivity index (χ1n) is 6.23. The van der Waals surface area contributed by atoms with Gasteiger partial charge in [-0.25, -0.2) is 8.42 Å². The maximum Gasteiger partial charge on any atom is 0.238 e. The molecule has 0 aliphatic carbocycles. The standard InChI is InChI=1S/C13H22N2O2S/c1-4-10-14-11-12(2)18(16,17)15(3)13-8-6-5-7-9-13/h5-9,12,14H,4,10-11H2,1-3H3. The van der Waals surface area contributed by atoms with Gasteiger partial charge in [-0.15, -0.1) is 0 Å². The molecule has 0 aromatic heterocycles. The summed E-state index contributed by atoms with van der Waals surface area (Å²) >= 11 is 0. The summed E-state index contributed by atoms with van der Waals surface area (Å²) in [6.45, 7) is 5.11. The molecular weight excluding hydrogens is 248 g/mol. The third kappa shape index (κ3) is 3.71. The third-order valence-corrected chi connectivity index (χ3v) is 5.03. The van der Waals surface area contributed by atoms with Crippen LogP contribution in [-0.2, 0) is 10.0 Å². The Bertz CT molecular complexity index is 445. The fourth-order valence-corrected chi connectivity index (χ4v) is 2.93. The Kier molecular flexibility index (Phi) is 5.62. The Hall–Kier alpha value is -1.07. The highest BCUT2D eigenvalue weighted by atomic mass is 32.2. The normalized spacial score (nSPS) is 13.3. The van der Waals surface area contributed by atoms with Crippen molar-refractivity contribution in [1.29, 1.82) is 0 Å². The molecule has 1 rings (SSSR count). The van der Waals surface area contributed by atoms with Gasteiger partial charge in [-0.05, 0) is 32.0 Å². The van der Waals surface area contributed by atoms with Crippen LogP contribution in [0.2, 0.25) is 0 Å². The van der Waals surface area contributed by atoms with E-state index in [1.807, 2.05) is 18.2 Å². The molecule has 0 fully saturated rings. The van der Waals surface area contributed by atoms with E-state index in [9.17, 15) is 8.42 Å². The molecule has 5 heteroatoms. The molecule has 0 bridgehead atoms. The predicted molar refractivity (Wildman–Crippen MR) is 76.4 cm³/mol. The topological polar surface area (TPSA) is 49.4 Å². The summed E-state index contributed by atoms with van der Waals surface area (Å²) in [5.41, 5.74) is 0.694. The van der Waals surface area contributed by atoms with Crippen LogP contribution >= 0.6 is 0 Å². The van der Waals surface area contributed by atoms with E-state index in [1.165, 1.54) is 4.31 Å². The van der Waals surface area contributed by atoms with E-state index < -0.39 is 15.3 Å². The predicted octanol–water partition coefficient (Wildman–Crippen LogP) is 1.84. The van der Waals surface area contributed by atoms with Crippen molar-refractivity contribution >= 4 is 15.7 Å². The lowest BCUT2D eigenvalue weighted by Crippen LogP contribution is -2.40. The van der Waals surface area contributed by atoms with Gasteiger partial charge in [0.05, 0.1) is 10.9 Å². The van der Waals surface area contributed by atoms with Gasteiger partial charge < -0.3 is 5.32 Å². The minimum atomic E-state index is -3.30. The van der Waals surface area contributed by atoms with E-state index in [0.29, 0.717) is 12.2 Å². The molecule has 1 unspecified atom stereocenters. The molecule has 0 aliphatic rings. The number of hydrogen-bond acceptors (Lipinski definition) is 3. The van der Waals surface area contributed by atoms with E-state index in [-0.39, 0.29) is 0 Å². The van der Waals surface area contributed by atoms with Crippen LogP contribution in [-0.4, -0.2) is 33.8 Å². The second-order valence-corrected chi connectivity index (χ2v) is 6.75. The van der Waals surface area contributed by atoms with Crippen molar-refractivity contribution in [3.8, 4) is 0 Å². The van der Waals surface area contributed by atoms with Crippen molar-refractivity contribution in [3.63, 3.8) is 0 Å². The number of nitrogens with one attached hydrogen (secondary N) is 1. The van der Waals surface area contributed by atoms with Crippen LogP contribution in [0.5, 0.6) is 0 Å². The molecule has 0 radical (unpaired) electrons. The lowest BCUT2D eigenvalue weighted by atomic mass is 10.3. The molecular formula is C13H22N2O2S. The highest BCUT2D eigenvalue weighted by Crippen LogP contribution is 2.17. The second kappa shape index (κ2) is 6.75. The maximum atomic E-state index is 12.3. The minimum Gasteiger partial charge on any atom is -0.315 e. The van der Waals surface area contributed by atoms with Crippen LogP contribution in [0.3, 0.4) is 0 Å². The van der Waals surface area contributed by atoms with Gasteiger partial charge in [-0.2, -0.15) is 0 Å². The maximum absolute atomic E-state index is 12.3. The molecule has 1 aromatic carbocycles. The Balaban J connectivity index is 2.74. The molecule has 18 heavy (non-hydrogen) atoms. The largest absolute Gasteiger partial charge is 0.315 e. The minimum absolute atomic E-state index is 0.436. The smallest absolute Gasteiger partial charge is 0.238 e. The summed E-state index contributed by atoms with van der Waals surface area (Å²) in [6.07, 6.45) is 1.00. The molecule has 102 valence electrons. The molecule has 1 N–H and O–H groups in total. The van der Waals surface area contributed by atoms with E-state index in [1.54, 1.807) is 26.1 Å². The lowest BCUT2D eigenvalue weighted by molar-refractivity contribution is 0.569. The number of rotatable bonds is 7. The van der Waals surface area contributed by atoms with Crippen LogP contribution in [0.4, 0.5) is 5.69 Å². The molecule has 0 aliphatic heterocycles. The lowest BCUT2D eigenvalue weighted by Gasteiger charge is -2.24. The summed E-state index contributed by atoms with van der Waals surface area (Å²) in [5.74, 6) is 0. The van der Waals surface area contributed by atoms with Gasteiger partial charge in [-0.1, -0.05) is 25.1 Å². The van der Waals surface area contributed by atoms with Crippen molar-refractivity contribution in [2.24, 2.45) is 0 Å². The van der Waals surface area contributed by atoms with Gasteiger partial charge in [0, 0.05) is 13.6 Å². The van der Waals surface area contributed by atoms with E-state index in [0.717, 1.165) is 13.0 Å². The summed E-state index contributed by atoms with van der Waals surface area (Å²) in [5, 5.41) is 2.71. The molecule has 4 nitrogen and oxygen atoms in total. The zero-order valence-electron chi connectivity index (χ0n) is 11.3. The zero-order valence-corrected chi connectivity index (χ0v) is 12.1. The van der Waals surface area contributed by atoms with Crippen LogP contribution in [0.25, 0.3) is 0 Å². The molecule has 1 atom stereocenters. The number of anilines is 1. The highest BCUT2D eigenvalue weighted by molar-refractivity contribution is 7.93. The van der Waals surface area contributed by atoms with Crippen LogP contribution < -0.4 is 9.62 Å². The first-order valence-corrected chi connectivity index (χ1v) is 7.74. The van der Waals surface area contributed by atoms with Crippen LogP contribution in [0.15, 0.2) is 30.3 Å². The van der Waals surface area contributed by atoms with Crippen molar-refractivity contribution in [3.05, 3.63) is 30.3 Å². The fourth-order valence-electron chi connectivity index (χ4n) is 1.64. The summed E-state index contributed by atoms with van der Waals surface area (Å²) in [7, 11) is -1.70. The first-order chi connectivity index (χ1) is 8.50. The van der Waals surface area contributed by atoms with Crippen LogP contribution in [0, 0.1) is 0 Å². The van der Waals surface area contributed by atoms with Crippen molar-refractivity contribution in [2.45, 2.75) is 25.5 Å². The summed E-state index contributed by atoms with van der Waals surface area (Å²) < 4.78 is 26.0. The average Bonchev–Trinajstić information content (AvgIpc) is 2.39. The third-order valence-electron chi connectivity index (χ3n) is 2.87. The molecule has 1 aromatic rings. The molecule has 0 heterocycles. The number of hydrogen-bond donors (Lipinski definition) is 1. The number of sulfonamides is 1. The van der Waals surface area contributed by atoms with Gasteiger partial charge in [-0.3, -0.25) is 4.31 Å². The molecule has 0 saturated carbocycles. The fraction of sp³-hybridized carbons (Fsp3) is 0.538. The molecule has 0 saturated heterocycles. The Labute approximate surface area is 110 Å². The van der Waals surface area contributed by atoms with E-state index in [2.05, 4.69) is 12.2 Å². The highest BCUT2D eigenvalue weighted by Gasteiger charge is 2.25. The number of benzene rings is 1. The van der Waals surface area contributed by atoms with Gasteiger partial charge in [0.2, 0.25) is 10.0 Å². The number of nitrogens with zero attached hydrogens (tertiary/aromatic N) is 1.